The van der Waals surface area contributed by atoms with Gasteiger partial charge in [-0.25, -0.2) is 0 Å². The van der Waals surface area contributed by atoms with Crippen molar-refractivity contribution in [3.63, 3.8) is 0 Å². The molecule has 0 radical (unpaired) electrons. The molecule has 0 saturated carbocycles. The largest absolute Gasteiger partial charge is 0.383 e. The molecule has 0 aliphatic heterocycles. The van der Waals surface area contributed by atoms with E-state index < -0.39 is 0 Å². The van der Waals surface area contributed by atoms with E-state index in [9.17, 15) is 4.79 Å². The van der Waals surface area contributed by atoms with Crippen LogP contribution in [-0.4, -0.2) is 25.7 Å². The fourth-order valence-electron chi connectivity index (χ4n) is 1.55. The van der Waals surface area contributed by atoms with Crippen LogP contribution in [0, 0.1) is 5.92 Å². The minimum absolute atomic E-state index is 0.0194. The van der Waals surface area contributed by atoms with E-state index in [1.165, 1.54) is 0 Å². The van der Waals surface area contributed by atoms with Gasteiger partial charge >= 0.3 is 0 Å². The smallest absolute Gasteiger partial charge is 0.226 e. The van der Waals surface area contributed by atoms with E-state index in [1.54, 1.807) is 7.11 Å². The van der Waals surface area contributed by atoms with Crippen LogP contribution < -0.4 is 10.6 Å². The zero-order chi connectivity index (χ0) is 13.5. The first-order valence-corrected chi connectivity index (χ1v) is 6.19. The summed E-state index contributed by atoms with van der Waals surface area (Å²) in [5.74, 6) is 0.00567. The highest BCUT2D eigenvalue weighted by Gasteiger charge is 2.07. The molecule has 0 aliphatic rings. The fraction of sp³-hybridized carbons (Fsp3) is 0.500. The molecule has 1 amide bonds. The molecule has 4 nitrogen and oxygen atoms in total. The summed E-state index contributed by atoms with van der Waals surface area (Å²) in [6, 6.07) is 7.92. The number of benzene rings is 1. The standard InChI is InChI=1S/C14H22N2O2/c1-10(2)14(17)16-13-7-5-6-12(8-13)15-11(3)9-18-4/h5-8,10-11,15H,9H2,1-4H3,(H,16,17). The topological polar surface area (TPSA) is 50.4 Å². The summed E-state index contributed by atoms with van der Waals surface area (Å²) in [4.78, 5) is 11.6. The number of methoxy groups -OCH3 is 1. The summed E-state index contributed by atoms with van der Waals surface area (Å²) in [6.07, 6.45) is 0. The van der Waals surface area contributed by atoms with Crippen LogP contribution in [-0.2, 0) is 9.53 Å². The van der Waals surface area contributed by atoms with Gasteiger partial charge in [0.25, 0.3) is 0 Å². The Morgan fingerprint density at radius 1 is 1.28 bits per heavy atom. The van der Waals surface area contributed by atoms with Gasteiger partial charge in [0, 0.05) is 30.4 Å². The third-order valence-corrected chi connectivity index (χ3v) is 2.48. The first-order chi connectivity index (χ1) is 8.52. The maximum absolute atomic E-state index is 11.6. The number of carbonyl (C=O) groups is 1. The molecule has 18 heavy (non-hydrogen) atoms. The second-order valence-corrected chi connectivity index (χ2v) is 4.73. The Labute approximate surface area is 109 Å². The van der Waals surface area contributed by atoms with Gasteiger partial charge < -0.3 is 15.4 Å². The molecular weight excluding hydrogens is 228 g/mol. The number of rotatable bonds is 6. The Bertz CT molecular complexity index is 391. The molecule has 0 heterocycles. The third-order valence-electron chi connectivity index (χ3n) is 2.48. The van der Waals surface area contributed by atoms with Crippen LogP contribution in [0.4, 0.5) is 11.4 Å². The number of amides is 1. The summed E-state index contributed by atoms with van der Waals surface area (Å²) in [6.45, 7) is 6.43. The summed E-state index contributed by atoms with van der Waals surface area (Å²) in [5, 5.41) is 6.19. The molecule has 0 bridgehead atoms. The van der Waals surface area contributed by atoms with Crippen molar-refractivity contribution >= 4 is 17.3 Å². The van der Waals surface area contributed by atoms with E-state index in [2.05, 4.69) is 10.6 Å². The molecule has 0 aliphatic carbocycles. The number of carbonyl (C=O) groups excluding carboxylic acids is 1. The average Bonchev–Trinajstić information content (AvgIpc) is 2.29. The van der Waals surface area contributed by atoms with Crippen molar-refractivity contribution in [2.75, 3.05) is 24.4 Å². The van der Waals surface area contributed by atoms with Gasteiger partial charge in [-0.15, -0.1) is 0 Å². The van der Waals surface area contributed by atoms with Crippen molar-refractivity contribution in [1.82, 2.24) is 0 Å². The van der Waals surface area contributed by atoms with Crippen LogP contribution in [0.25, 0.3) is 0 Å². The number of hydrogen-bond acceptors (Lipinski definition) is 3. The highest BCUT2D eigenvalue weighted by atomic mass is 16.5. The highest BCUT2D eigenvalue weighted by Crippen LogP contribution is 2.16. The van der Waals surface area contributed by atoms with Crippen LogP contribution >= 0.6 is 0 Å². The molecule has 0 aromatic heterocycles. The van der Waals surface area contributed by atoms with E-state index in [1.807, 2.05) is 45.0 Å². The number of hydrogen-bond donors (Lipinski definition) is 2. The molecule has 1 rings (SSSR count). The Morgan fingerprint density at radius 2 is 1.94 bits per heavy atom. The summed E-state index contributed by atoms with van der Waals surface area (Å²) in [7, 11) is 1.68. The second-order valence-electron chi connectivity index (χ2n) is 4.73. The molecule has 100 valence electrons. The van der Waals surface area contributed by atoms with Crippen LogP contribution in [0.5, 0.6) is 0 Å². The SMILES string of the molecule is COCC(C)Nc1cccc(NC(=O)C(C)C)c1. The Balaban J connectivity index is 2.64. The van der Waals surface area contributed by atoms with E-state index in [-0.39, 0.29) is 17.9 Å². The molecule has 1 unspecified atom stereocenters. The van der Waals surface area contributed by atoms with Crippen molar-refractivity contribution in [3.05, 3.63) is 24.3 Å². The lowest BCUT2D eigenvalue weighted by molar-refractivity contribution is -0.118. The van der Waals surface area contributed by atoms with Crippen LogP contribution in [0.3, 0.4) is 0 Å². The van der Waals surface area contributed by atoms with Crippen LogP contribution in [0.2, 0.25) is 0 Å². The minimum Gasteiger partial charge on any atom is -0.383 e. The number of nitrogens with one attached hydrogen (secondary N) is 2. The Kier molecular flexibility index (Phi) is 5.65. The lowest BCUT2D eigenvalue weighted by atomic mass is 10.2. The lowest BCUT2D eigenvalue weighted by Gasteiger charge is -2.15. The first kappa shape index (κ1) is 14.5. The zero-order valence-corrected chi connectivity index (χ0v) is 11.5. The number of ether oxygens (including phenoxy) is 1. The highest BCUT2D eigenvalue weighted by molar-refractivity contribution is 5.92. The summed E-state index contributed by atoms with van der Waals surface area (Å²) >= 11 is 0. The maximum Gasteiger partial charge on any atom is 0.226 e. The molecule has 0 spiro atoms. The van der Waals surface area contributed by atoms with E-state index in [4.69, 9.17) is 4.74 Å². The Hall–Kier alpha value is -1.55. The Morgan fingerprint density at radius 3 is 2.56 bits per heavy atom. The predicted octanol–water partition coefficient (Wildman–Crippen LogP) is 2.73. The first-order valence-electron chi connectivity index (χ1n) is 6.19. The van der Waals surface area contributed by atoms with Gasteiger partial charge in [-0.2, -0.15) is 0 Å². The van der Waals surface area contributed by atoms with Gasteiger partial charge in [-0.1, -0.05) is 19.9 Å². The van der Waals surface area contributed by atoms with Gasteiger partial charge in [-0.05, 0) is 25.1 Å². The van der Waals surface area contributed by atoms with Gasteiger partial charge in [0.15, 0.2) is 0 Å². The van der Waals surface area contributed by atoms with Gasteiger partial charge in [0.1, 0.15) is 0 Å². The summed E-state index contributed by atoms with van der Waals surface area (Å²) < 4.78 is 5.07. The molecule has 1 aromatic rings. The predicted molar refractivity (Wildman–Crippen MR) is 74.9 cm³/mol. The molecule has 1 atom stereocenters. The van der Waals surface area contributed by atoms with Gasteiger partial charge in [0.05, 0.1) is 6.61 Å². The zero-order valence-electron chi connectivity index (χ0n) is 11.5. The van der Waals surface area contributed by atoms with Gasteiger partial charge in [-0.3, -0.25) is 4.79 Å². The second kappa shape index (κ2) is 7.01. The molecule has 0 fully saturated rings. The van der Waals surface area contributed by atoms with Crippen molar-refractivity contribution in [1.29, 1.82) is 0 Å². The quantitative estimate of drug-likeness (QED) is 0.816. The van der Waals surface area contributed by atoms with Gasteiger partial charge in [0.2, 0.25) is 5.91 Å². The molecule has 4 heteroatoms. The van der Waals surface area contributed by atoms with Crippen molar-refractivity contribution in [3.8, 4) is 0 Å². The molecule has 0 saturated heterocycles. The lowest BCUT2D eigenvalue weighted by Crippen LogP contribution is -2.21. The van der Waals surface area contributed by atoms with Crippen molar-refractivity contribution in [2.45, 2.75) is 26.8 Å². The molecule has 1 aromatic carbocycles. The normalized spacial score (nSPS) is 12.3. The van der Waals surface area contributed by atoms with Crippen molar-refractivity contribution in [2.24, 2.45) is 5.92 Å². The van der Waals surface area contributed by atoms with E-state index >= 15 is 0 Å². The monoisotopic (exact) mass is 250 g/mol. The summed E-state index contributed by atoms with van der Waals surface area (Å²) in [5.41, 5.74) is 1.78. The average molecular weight is 250 g/mol. The minimum atomic E-state index is -0.0194. The maximum atomic E-state index is 11.6. The van der Waals surface area contributed by atoms with Crippen LogP contribution in [0.15, 0.2) is 24.3 Å². The molecular formula is C14H22N2O2. The molecule has 2 N–H and O–H groups in total. The van der Waals surface area contributed by atoms with Crippen molar-refractivity contribution < 1.29 is 9.53 Å². The van der Waals surface area contributed by atoms with Crippen LogP contribution in [0.1, 0.15) is 20.8 Å². The van der Waals surface area contributed by atoms with E-state index in [0.717, 1.165) is 11.4 Å². The van der Waals surface area contributed by atoms with E-state index in [0.29, 0.717) is 6.61 Å². The number of anilines is 2. The fourth-order valence-corrected chi connectivity index (χ4v) is 1.55. The third kappa shape index (κ3) is 4.75.